The average Bonchev–Trinajstić information content (AvgIpc) is 2.39. The molecule has 3 nitrogen and oxygen atoms in total. The third-order valence-electron chi connectivity index (χ3n) is 3.84. The molecule has 0 amide bonds. The summed E-state index contributed by atoms with van der Waals surface area (Å²) < 4.78 is 0. The van der Waals surface area contributed by atoms with Gasteiger partial charge in [0, 0.05) is 18.3 Å². The van der Waals surface area contributed by atoms with E-state index in [2.05, 4.69) is 28.3 Å². The summed E-state index contributed by atoms with van der Waals surface area (Å²) in [5, 5.41) is 3.46. The number of aryl methyl sites for hydroxylation is 2. The van der Waals surface area contributed by atoms with Gasteiger partial charge in [-0.1, -0.05) is 39.0 Å². The van der Waals surface area contributed by atoms with Crippen LogP contribution in [0.3, 0.4) is 0 Å². The Hall–Kier alpha value is -1.12. The highest BCUT2D eigenvalue weighted by molar-refractivity contribution is 5.35. The number of hydrogen-bond donors (Lipinski definition) is 1. The fraction of sp³-hybridized carbons (Fsp3) is 0.733. The van der Waals surface area contributed by atoms with E-state index in [4.69, 9.17) is 0 Å². The topological polar surface area (TPSA) is 37.8 Å². The lowest BCUT2D eigenvalue weighted by molar-refractivity contribution is 0.345. The molecule has 0 atom stereocenters. The Morgan fingerprint density at radius 3 is 2.72 bits per heavy atom. The largest absolute Gasteiger partial charge is 0.370 e. The Morgan fingerprint density at radius 1 is 1.22 bits per heavy atom. The number of aromatic nitrogens is 2. The van der Waals surface area contributed by atoms with Gasteiger partial charge in [-0.2, -0.15) is 0 Å². The molecule has 1 aromatic heterocycles. The van der Waals surface area contributed by atoms with Crippen molar-refractivity contribution in [3.8, 4) is 0 Å². The number of anilines is 1. The van der Waals surface area contributed by atoms with Gasteiger partial charge in [0.05, 0.1) is 0 Å². The Morgan fingerprint density at radius 2 is 2.00 bits per heavy atom. The molecule has 0 spiro atoms. The van der Waals surface area contributed by atoms with Gasteiger partial charge in [-0.15, -0.1) is 0 Å². The van der Waals surface area contributed by atoms with Crippen molar-refractivity contribution in [2.75, 3.05) is 11.9 Å². The maximum Gasteiger partial charge on any atom is 0.129 e. The predicted molar refractivity (Wildman–Crippen MR) is 75.8 cm³/mol. The molecule has 1 heterocycles. The molecule has 1 aromatic rings. The summed E-state index contributed by atoms with van der Waals surface area (Å²) in [5.74, 6) is 2.80. The summed E-state index contributed by atoms with van der Waals surface area (Å²) in [6.45, 7) is 5.14. The van der Waals surface area contributed by atoms with Crippen LogP contribution in [0, 0.1) is 12.8 Å². The lowest BCUT2D eigenvalue weighted by Gasteiger charge is -2.21. The minimum absolute atomic E-state index is 0.870. The molecule has 0 unspecified atom stereocenters. The summed E-state index contributed by atoms with van der Waals surface area (Å²) in [5.41, 5.74) is 1.13. The third-order valence-corrected chi connectivity index (χ3v) is 3.84. The van der Waals surface area contributed by atoms with Crippen molar-refractivity contribution in [2.45, 2.75) is 58.8 Å². The number of hydrogen-bond acceptors (Lipinski definition) is 3. The number of rotatable bonds is 5. The highest BCUT2D eigenvalue weighted by Crippen LogP contribution is 2.26. The van der Waals surface area contributed by atoms with Crippen molar-refractivity contribution in [3.63, 3.8) is 0 Å². The molecule has 1 saturated carbocycles. The van der Waals surface area contributed by atoms with Crippen LogP contribution in [-0.4, -0.2) is 16.5 Å². The first kappa shape index (κ1) is 13.3. The summed E-state index contributed by atoms with van der Waals surface area (Å²) in [6, 6.07) is 2.08. The van der Waals surface area contributed by atoms with E-state index in [1.165, 1.54) is 38.5 Å². The third kappa shape index (κ3) is 3.97. The van der Waals surface area contributed by atoms with Crippen LogP contribution in [0.15, 0.2) is 6.07 Å². The Bertz CT molecular complexity index is 370. The smallest absolute Gasteiger partial charge is 0.129 e. The molecule has 0 radical (unpaired) electrons. The molecule has 0 aromatic carbocycles. The van der Waals surface area contributed by atoms with Gasteiger partial charge in [0.2, 0.25) is 0 Å². The highest BCUT2D eigenvalue weighted by atomic mass is 15.0. The zero-order chi connectivity index (χ0) is 12.8. The van der Waals surface area contributed by atoms with Crippen LogP contribution >= 0.6 is 0 Å². The Balaban J connectivity index is 1.80. The Kier molecular flexibility index (Phi) is 4.97. The molecule has 18 heavy (non-hydrogen) atoms. The van der Waals surface area contributed by atoms with Gasteiger partial charge >= 0.3 is 0 Å². The summed E-state index contributed by atoms with van der Waals surface area (Å²) in [7, 11) is 0. The predicted octanol–water partition coefficient (Wildman–Crippen LogP) is 3.73. The van der Waals surface area contributed by atoms with Gasteiger partial charge in [-0.25, -0.2) is 9.97 Å². The monoisotopic (exact) mass is 247 g/mol. The molecule has 0 saturated heterocycles. The average molecular weight is 247 g/mol. The first-order valence-electron chi connectivity index (χ1n) is 7.36. The van der Waals surface area contributed by atoms with Crippen LogP contribution in [0.2, 0.25) is 0 Å². The van der Waals surface area contributed by atoms with E-state index in [-0.39, 0.29) is 0 Å². The first-order chi connectivity index (χ1) is 8.78. The Labute approximate surface area is 110 Å². The SMILES string of the molecule is CCc1cc(NCCC2CCCCC2)nc(C)n1. The van der Waals surface area contributed by atoms with E-state index < -0.39 is 0 Å². The standard InChI is InChI=1S/C15H25N3/c1-3-14-11-15(18-12(2)17-14)16-10-9-13-7-5-4-6-8-13/h11,13H,3-10H2,1-2H3,(H,16,17,18). The summed E-state index contributed by atoms with van der Waals surface area (Å²) in [4.78, 5) is 8.84. The van der Waals surface area contributed by atoms with Gasteiger partial charge in [0.15, 0.2) is 0 Å². The van der Waals surface area contributed by atoms with Crippen molar-refractivity contribution in [2.24, 2.45) is 5.92 Å². The molecule has 0 bridgehead atoms. The van der Waals surface area contributed by atoms with Crippen LogP contribution in [0.25, 0.3) is 0 Å². The van der Waals surface area contributed by atoms with Crippen molar-refractivity contribution in [1.29, 1.82) is 0 Å². The molecule has 100 valence electrons. The first-order valence-corrected chi connectivity index (χ1v) is 7.36. The van der Waals surface area contributed by atoms with E-state index in [0.717, 1.165) is 36.2 Å². The van der Waals surface area contributed by atoms with E-state index >= 15 is 0 Å². The van der Waals surface area contributed by atoms with E-state index in [9.17, 15) is 0 Å². The molecule has 1 aliphatic carbocycles. The minimum Gasteiger partial charge on any atom is -0.370 e. The van der Waals surface area contributed by atoms with Crippen molar-refractivity contribution < 1.29 is 0 Å². The summed E-state index contributed by atoms with van der Waals surface area (Å²) in [6.07, 6.45) is 9.39. The van der Waals surface area contributed by atoms with Crippen LogP contribution in [0.4, 0.5) is 5.82 Å². The molecule has 3 heteroatoms. The zero-order valence-corrected chi connectivity index (χ0v) is 11.7. The van der Waals surface area contributed by atoms with Crippen molar-refractivity contribution in [1.82, 2.24) is 9.97 Å². The fourth-order valence-electron chi connectivity index (χ4n) is 2.78. The van der Waals surface area contributed by atoms with Gasteiger partial charge in [0.25, 0.3) is 0 Å². The van der Waals surface area contributed by atoms with Crippen LogP contribution < -0.4 is 5.32 Å². The number of nitrogens with one attached hydrogen (secondary N) is 1. The molecule has 1 N–H and O–H groups in total. The van der Waals surface area contributed by atoms with E-state index in [0.29, 0.717) is 0 Å². The normalized spacial score (nSPS) is 16.8. The van der Waals surface area contributed by atoms with Crippen LogP contribution in [-0.2, 0) is 6.42 Å². The highest BCUT2D eigenvalue weighted by Gasteiger charge is 2.12. The molecule has 0 aliphatic heterocycles. The maximum absolute atomic E-state index is 4.44. The minimum atomic E-state index is 0.870. The van der Waals surface area contributed by atoms with Crippen LogP contribution in [0.1, 0.15) is 57.0 Å². The van der Waals surface area contributed by atoms with E-state index in [1.807, 2.05) is 6.92 Å². The quantitative estimate of drug-likeness (QED) is 0.861. The van der Waals surface area contributed by atoms with Gasteiger partial charge < -0.3 is 5.32 Å². The molecule has 1 fully saturated rings. The molecular formula is C15H25N3. The zero-order valence-electron chi connectivity index (χ0n) is 11.7. The van der Waals surface area contributed by atoms with Crippen molar-refractivity contribution in [3.05, 3.63) is 17.6 Å². The van der Waals surface area contributed by atoms with Crippen LogP contribution in [0.5, 0.6) is 0 Å². The van der Waals surface area contributed by atoms with Gasteiger partial charge in [0.1, 0.15) is 11.6 Å². The maximum atomic E-state index is 4.44. The fourth-order valence-corrected chi connectivity index (χ4v) is 2.78. The molecular weight excluding hydrogens is 222 g/mol. The van der Waals surface area contributed by atoms with Crippen molar-refractivity contribution >= 4 is 5.82 Å². The molecule has 2 rings (SSSR count). The van der Waals surface area contributed by atoms with Gasteiger partial charge in [-0.3, -0.25) is 0 Å². The molecule has 1 aliphatic rings. The lowest BCUT2D eigenvalue weighted by atomic mass is 9.87. The summed E-state index contributed by atoms with van der Waals surface area (Å²) >= 11 is 0. The van der Waals surface area contributed by atoms with Gasteiger partial charge in [-0.05, 0) is 25.7 Å². The second-order valence-electron chi connectivity index (χ2n) is 5.36. The second-order valence-corrected chi connectivity index (χ2v) is 5.36. The van der Waals surface area contributed by atoms with E-state index in [1.54, 1.807) is 0 Å². The lowest BCUT2D eigenvalue weighted by Crippen LogP contribution is -2.13. The number of nitrogens with zero attached hydrogens (tertiary/aromatic N) is 2. The second kappa shape index (κ2) is 6.72.